The molecule has 0 radical (unpaired) electrons. The number of pyridine rings is 1. The van der Waals surface area contributed by atoms with Crippen molar-refractivity contribution in [3.63, 3.8) is 0 Å². The molecular formula is C29H24Cl2F2N4O4. The summed E-state index contributed by atoms with van der Waals surface area (Å²) in [6.07, 6.45) is 1.18. The summed E-state index contributed by atoms with van der Waals surface area (Å²) in [5.41, 5.74) is 0.993. The molecule has 0 saturated carbocycles. The van der Waals surface area contributed by atoms with Crippen LogP contribution in [0.5, 0.6) is 0 Å². The molecule has 12 heteroatoms. The van der Waals surface area contributed by atoms with Crippen LogP contribution in [0.15, 0.2) is 70.7 Å². The van der Waals surface area contributed by atoms with Crippen molar-refractivity contribution in [3.05, 3.63) is 104 Å². The van der Waals surface area contributed by atoms with Crippen LogP contribution < -0.4 is 10.3 Å². The molecule has 1 aliphatic heterocycles. The van der Waals surface area contributed by atoms with Gasteiger partial charge in [0.25, 0.3) is 0 Å². The molecule has 1 fully saturated rings. The second-order valence-corrected chi connectivity index (χ2v) is 10.3. The first-order chi connectivity index (χ1) is 19.7. The molecule has 1 saturated heterocycles. The Morgan fingerprint density at radius 2 is 1.71 bits per heavy atom. The second-order valence-electron chi connectivity index (χ2n) is 9.45. The maximum Gasteiger partial charge on any atom is 0.341 e. The summed E-state index contributed by atoms with van der Waals surface area (Å²) < 4.78 is 30.5. The summed E-state index contributed by atoms with van der Waals surface area (Å²) in [7, 11) is 1.45. The Hall–Kier alpha value is -3.99. The van der Waals surface area contributed by atoms with E-state index < -0.39 is 28.6 Å². The molecule has 1 aliphatic rings. The molecule has 1 N–H and O–H groups in total. The first-order valence-electron chi connectivity index (χ1n) is 12.6. The van der Waals surface area contributed by atoms with Gasteiger partial charge in [-0.05, 0) is 54.6 Å². The van der Waals surface area contributed by atoms with Crippen LogP contribution in [0, 0.1) is 11.6 Å². The van der Waals surface area contributed by atoms with Crippen LogP contribution in [0.4, 0.5) is 14.5 Å². The molecule has 3 aromatic carbocycles. The van der Waals surface area contributed by atoms with Gasteiger partial charge in [-0.15, -0.1) is 0 Å². The minimum atomic E-state index is -1.44. The van der Waals surface area contributed by atoms with Gasteiger partial charge in [-0.3, -0.25) is 9.69 Å². The lowest BCUT2D eigenvalue weighted by Gasteiger charge is -2.36. The Balaban J connectivity index is 1.44. The van der Waals surface area contributed by atoms with E-state index in [-0.39, 0.29) is 11.1 Å². The molecule has 1 aromatic heterocycles. The molecule has 0 amide bonds. The number of halogens is 4. The van der Waals surface area contributed by atoms with Crippen LogP contribution in [0.1, 0.15) is 15.9 Å². The number of carboxylic acids is 1. The molecule has 212 valence electrons. The molecule has 0 bridgehead atoms. The zero-order valence-corrected chi connectivity index (χ0v) is 23.3. The van der Waals surface area contributed by atoms with Crippen LogP contribution in [0.25, 0.3) is 16.6 Å². The predicted octanol–water partition coefficient (Wildman–Crippen LogP) is 5.45. The maximum atomic E-state index is 15.4. The van der Waals surface area contributed by atoms with Crippen molar-refractivity contribution < 1.29 is 23.5 Å². The SMILES string of the molecule is CON=C(CN1CCN(c2cc3c(cc2F)c(=O)c(C(=O)O)cn3-c2ccc(F)cc2)CC1)c1ccc(Cl)cc1Cl. The lowest BCUT2D eigenvalue weighted by atomic mass is 10.1. The average Bonchev–Trinajstić information content (AvgIpc) is 2.94. The summed E-state index contributed by atoms with van der Waals surface area (Å²) in [6.45, 7) is 2.49. The number of oxime groups is 1. The van der Waals surface area contributed by atoms with E-state index in [1.54, 1.807) is 18.2 Å². The van der Waals surface area contributed by atoms with Crippen molar-refractivity contribution >= 4 is 51.5 Å². The minimum absolute atomic E-state index is 0.0885. The third kappa shape index (κ3) is 5.90. The predicted molar refractivity (Wildman–Crippen MR) is 155 cm³/mol. The summed E-state index contributed by atoms with van der Waals surface area (Å²) in [5, 5.41) is 14.6. The Kier molecular flexibility index (Phi) is 8.25. The van der Waals surface area contributed by atoms with E-state index in [0.717, 1.165) is 6.07 Å². The van der Waals surface area contributed by atoms with Gasteiger partial charge in [0, 0.05) is 60.6 Å². The number of anilines is 1. The van der Waals surface area contributed by atoms with Crippen molar-refractivity contribution in [1.82, 2.24) is 9.47 Å². The highest BCUT2D eigenvalue weighted by atomic mass is 35.5. The van der Waals surface area contributed by atoms with Gasteiger partial charge in [-0.25, -0.2) is 13.6 Å². The Morgan fingerprint density at radius 3 is 2.34 bits per heavy atom. The molecule has 5 rings (SSSR count). The number of benzene rings is 3. The van der Waals surface area contributed by atoms with Gasteiger partial charge in [0.1, 0.15) is 30.0 Å². The fourth-order valence-electron chi connectivity index (χ4n) is 4.90. The summed E-state index contributed by atoms with van der Waals surface area (Å²) in [6, 6.07) is 13.1. The highest BCUT2D eigenvalue weighted by molar-refractivity contribution is 6.37. The van der Waals surface area contributed by atoms with E-state index in [1.807, 2.05) is 4.90 Å². The third-order valence-electron chi connectivity index (χ3n) is 6.94. The molecule has 2 heterocycles. The van der Waals surface area contributed by atoms with Gasteiger partial charge in [0.2, 0.25) is 5.43 Å². The van der Waals surface area contributed by atoms with E-state index in [0.29, 0.717) is 65.2 Å². The van der Waals surface area contributed by atoms with E-state index in [9.17, 15) is 19.1 Å². The number of aromatic nitrogens is 1. The summed E-state index contributed by atoms with van der Waals surface area (Å²) >= 11 is 12.4. The summed E-state index contributed by atoms with van der Waals surface area (Å²) in [4.78, 5) is 33.7. The largest absolute Gasteiger partial charge is 0.477 e. The van der Waals surface area contributed by atoms with E-state index in [1.165, 1.54) is 48.2 Å². The smallest absolute Gasteiger partial charge is 0.341 e. The number of hydrogen-bond acceptors (Lipinski definition) is 6. The molecule has 8 nitrogen and oxygen atoms in total. The zero-order valence-electron chi connectivity index (χ0n) is 21.8. The normalized spacial score (nSPS) is 14.5. The number of rotatable bonds is 7. The van der Waals surface area contributed by atoms with Crippen LogP contribution in [0.3, 0.4) is 0 Å². The standard InChI is InChI=1S/C29H24Cl2F2N4O4/c1-41-34-25(20-7-2-17(30)12-23(20)31)16-35-8-10-36(11-9-35)27-14-26-21(13-24(27)33)28(38)22(29(39)40)15-37(26)19-5-3-18(32)4-6-19/h2-7,12-15H,8-11,16H2,1H3,(H,39,40). The van der Waals surface area contributed by atoms with Crippen molar-refractivity contribution in [1.29, 1.82) is 0 Å². The highest BCUT2D eigenvalue weighted by Gasteiger charge is 2.24. The van der Waals surface area contributed by atoms with Gasteiger partial charge in [-0.1, -0.05) is 28.4 Å². The van der Waals surface area contributed by atoms with Crippen LogP contribution in [-0.4, -0.2) is 66.1 Å². The lowest BCUT2D eigenvalue weighted by molar-refractivity contribution is 0.0695. The Bertz CT molecular complexity index is 1720. The molecule has 0 unspecified atom stereocenters. The Morgan fingerprint density at radius 1 is 1.00 bits per heavy atom. The van der Waals surface area contributed by atoms with Crippen molar-refractivity contribution in [2.75, 3.05) is 44.7 Å². The monoisotopic (exact) mass is 600 g/mol. The maximum absolute atomic E-state index is 15.4. The van der Waals surface area contributed by atoms with Crippen LogP contribution in [-0.2, 0) is 4.84 Å². The molecule has 4 aromatic rings. The summed E-state index contributed by atoms with van der Waals surface area (Å²) in [5.74, 6) is -2.56. The highest BCUT2D eigenvalue weighted by Crippen LogP contribution is 2.28. The van der Waals surface area contributed by atoms with Crippen LogP contribution in [0.2, 0.25) is 10.0 Å². The van der Waals surface area contributed by atoms with Gasteiger partial charge in [-0.2, -0.15) is 0 Å². The van der Waals surface area contributed by atoms with Gasteiger partial charge >= 0.3 is 5.97 Å². The topological polar surface area (TPSA) is 87.4 Å². The third-order valence-corrected chi connectivity index (χ3v) is 7.49. The molecular weight excluding hydrogens is 577 g/mol. The number of carbonyl (C=O) groups is 1. The minimum Gasteiger partial charge on any atom is -0.477 e. The molecule has 41 heavy (non-hydrogen) atoms. The van der Waals surface area contributed by atoms with Crippen LogP contribution >= 0.6 is 23.2 Å². The first kappa shape index (κ1) is 28.5. The average molecular weight is 601 g/mol. The fourth-order valence-corrected chi connectivity index (χ4v) is 5.42. The quantitative estimate of drug-likeness (QED) is 0.224. The first-order valence-corrected chi connectivity index (χ1v) is 13.3. The van der Waals surface area contributed by atoms with Crippen molar-refractivity contribution in [3.8, 4) is 5.69 Å². The van der Waals surface area contributed by atoms with Gasteiger partial charge in [0.05, 0.1) is 16.2 Å². The second kappa shape index (κ2) is 11.9. The molecule has 0 aliphatic carbocycles. The Labute approximate surface area is 243 Å². The van der Waals surface area contributed by atoms with Crippen molar-refractivity contribution in [2.45, 2.75) is 0 Å². The molecule has 0 atom stereocenters. The number of carboxylic acid groups (broad SMARTS) is 1. The number of piperazine rings is 1. The number of fused-ring (bicyclic) bond motifs is 1. The van der Waals surface area contributed by atoms with Crippen molar-refractivity contribution in [2.24, 2.45) is 5.16 Å². The number of nitrogens with zero attached hydrogens (tertiary/aromatic N) is 4. The molecule has 0 spiro atoms. The fraction of sp³-hybridized carbons (Fsp3) is 0.207. The van der Waals surface area contributed by atoms with Gasteiger partial charge in [0.15, 0.2) is 0 Å². The lowest BCUT2D eigenvalue weighted by Crippen LogP contribution is -2.48. The van der Waals surface area contributed by atoms with Gasteiger partial charge < -0.3 is 19.4 Å². The van der Waals surface area contributed by atoms with E-state index in [4.69, 9.17) is 28.0 Å². The van der Waals surface area contributed by atoms with E-state index >= 15 is 4.39 Å². The van der Waals surface area contributed by atoms with E-state index in [2.05, 4.69) is 10.1 Å². The zero-order chi connectivity index (χ0) is 29.3. The number of hydrogen-bond donors (Lipinski definition) is 1. The number of aromatic carboxylic acids is 1.